The Balaban J connectivity index is 1.50. The van der Waals surface area contributed by atoms with E-state index in [1.807, 2.05) is 48.0 Å². The first-order valence-corrected chi connectivity index (χ1v) is 8.53. The van der Waals surface area contributed by atoms with Gasteiger partial charge in [-0.3, -0.25) is 9.78 Å². The van der Waals surface area contributed by atoms with Crippen LogP contribution in [0.3, 0.4) is 0 Å². The monoisotopic (exact) mass is 358 g/mol. The number of amides is 1. The molecule has 0 atom stereocenters. The van der Waals surface area contributed by atoms with Gasteiger partial charge in [-0.1, -0.05) is 24.3 Å². The van der Waals surface area contributed by atoms with E-state index in [4.69, 9.17) is 0 Å². The number of aromatic nitrogens is 4. The summed E-state index contributed by atoms with van der Waals surface area (Å²) in [6.07, 6.45) is 3.42. The van der Waals surface area contributed by atoms with Gasteiger partial charge in [0.1, 0.15) is 11.5 Å². The lowest BCUT2D eigenvalue weighted by Gasteiger charge is -2.08. The highest BCUT2D eigenvalue weighted by atomic mass is 16.1. The molecular formula is C20H18N6O. The van der Waals surface area contributed by atoms with E-state index in [1.54, 1.807) is 30.6 Å². The lowest BCUT2D eigenvalue weighted by atomic mass is 10.2. The molecule has 1 aromatic carbocycles. The van der Waals surface area contributed by atoms with Gasteiger partial charge in [0.25, 0.3) is 5.91 Å². The van der Waals surface area contributed by atoms with E-state index < -0.39 is 0 Å². The average molecular weight is 358 g/mol. The molecule has 3 aromatic heterocycles. The van der Waals surface area contributed by atoms with Crippen molar-refractivity contribution in [2.75, 3.05) is 5.32 Å². The van der Waals surface area contributed by atoms with Gasteiger partial charge in [-0.2, -0.15) is 0 Å². The van der Waals surface area contributed by atoms with Crippen LogP contribution in [-0.4, -0.2) is 25.4 Å². The number of carbonyl (C=O) groups is 1. The van der Waals surface area contributed by atoms with Crippen LogP contribution < -0.4 is 10.6 Å². The summed E-state index contributed by atoms with van der Waals surface area (Å²) >= 11 is 0. The van der Waals surface area contributed by atoms with Crippen molar-refractivity contribution >= 4 is 28.7 Å². The molecule has 0 aliphatic heterocycles. The molecule has 4 aromatic rings. The molecule has 0 fully saturated rings. The second kappa shape index (κ2) is 7.25. The second-order valence-corrected chi connectivity index (χ2v) is 6.06. The summed E-state index contributed by atoms with van der Waals surface area (Å²) in [5.41, 5.74) is 3.18. The van der Waals surface area contributed by atoms with E-state index in [0.29, 0.717) is 24.0 Å². The normalized spacial score (nSPS) is 10.7. The number of nitrogens with one attached hydrogen (secondary N) is 2. The number of aryl methyl sites for hydroxylation is 1. The largest absolute Gasteiger partial charge is 0.347 e. The highest BCUT2D eigenvalue weighted by molar-refractivity contribution is 5.92. The van der Waals surface area contributed by atoms with E-state index in [0.717, 1.165) is 16.6 Å². The molecule has 0 saturated carbocycles. The predicted octanol–water partition coefficient (Wildman–Crippen LogP) is 3.04. The molecule has 2 N–H and O–H groups in total. The summed E-state index contributed by atoms with van der Waals surface area (Å²) in [6, 6.07) is 16.9. The van der Waals surface area contributed by atoms with Crippen LogP contribution in [0.1, 0.15) is 16.1 Å². The number of anilines is 2. The first-order chi connectivity index (χ1) is 13.2. The Labute approximate surface area is 156 Å². The smallest absolute Gasteiger partial charge is 0.270 e. The van der Waals surface area contributed by atoms with Gasteiger partial charge in [-0.05, 0) is 35.9 Å². The van der Waals surface area contributed by atoms with Crippen molar-refractivity contribution in [1.82, 2.24) is 24.8 Å². The Morgan fingerprint density at radius 1 is 1.04 bits per heavy atom. The van der Waals surface area contributed by atoms with E-state index in [9.17, 15) is 4.79 Å². The summed E-state index contributed by atoms with van der Waals surface area (Å²) in [5.74, 6) is 0.978. The number of rotatable bonds is 5. The minimum absolute atomic E-state index is 0.243. The van der Waals surface area contributed by atoms with Crippen molar-refractivity contribution in [2.45, 2.75) is 6.54 Å². The lowest BCUT2D eigenvalue weighted by molar-refractivity contribution is 0.0946. The molecule has 7 heteroatoms. The zero-order valence-electron chi connectivity index (χ0n) is 14.8. The van der Waals surface area contributed by atoms with Gasteiger partial charge in [0.2, 0.25) is 5.95 Å². The maximum absolute atomic E-state index is 12.4. The zero-order chi connectivity index (χ0) is 18.6. The fourth-order valence-corrected chi connectivity index (χ4v) is 2.78. The number of para-hydroxylation sites is 2. The number of hydrogen-bond donors (Lipinski definition) is 2. The molecule has 3 heterocycles. The number of benzene rings is 1. The molecule has 134 valence electrons. The first kappa shape index (κ1) is 16.7. The Morgan fingerprint density at radius 3 is 2.74 bits per heavy atom. The SMILES string of the molecule is Cn1c(Nc2cccc(C(=O)NCc3cccnc3)n2)nc2ccccc21. The van der Waals surface area contributed by atoms with E-state index in [1.165, 1.54) is 0 Å². The first-order valence-electron chi connectivity index (χ1n) is 8.53. The third-order valence-corrected chi connectivity index (χ3v) is 4.18. The van der Waals surface area contributed by atoms with Gasteiger partial charge in [0, 0.05) is 26.0 Å². The minimum Gasteiger partial charge on any atom is -0.347 e. The summed E-state index contributed by atoms with van der Waals surface area (Å²) in [7, 11) is 1.93. The van der Waals surface area contributed by atoms with Crippen molar-refractivity contribution in [2.24, 2.45) is 7.05 Å². The quantitative estimate of drug-likeness (QED) is 0.573. The van der Waals surface area contributed by atoms with Crippen LogP contribution >= 0.6 is 0 Å². The highest BCUT2D eigenvalue weighted by Gasteiger charge is 2.11. The number of hydrogen-bond acceptors (Lipinski definition) is 5. The minimum atomic E-state index is -0.243. The molecule has 0 aliphatic carbocycles. The van der Waals surface area contributed by atoms with Gasteiger partial charge in [0.05, 0.1) is 11.0 Å². The number of pyridine rings is 2. The van der Waals surface area contributed by atoms with Crippen molar-refractivity contribution in [3.63, 3.8) is 0 Å². The summed E-state index contributed by atoms with van der Waals surface area (Å²) in [6.45, 7) is 0.400. The summed E-state index contributed by atoms with van der Waals surface area (Å²) < 4.78 is 1.95. The van der Waals surface area contributed by atoms with Gasteiger partial charge in [0.15, 0.2) is 0 Å². The van der Waals surface area contributed by atoms with E-state index in [-0.39, 0.29) is 5.91 Å². The summed E-state index contributed by atoms with van der Waals surface area (Å²) in [4.78, 5) is 25.4. The Bertz CT molecular complexity index is 1090. The molecule has 0 saturated heterocycles. The number of imidazole rings is 1. The predicted molar refractivity (Wildman–Crippen MR) is 104 cm³/mol. The second-order valence-electron chi connectivity index (χ2n) is 6.06. The van der Waals surface area contributed by atoms with Gasteiger partial charge >= 0.3 is 0 Å². The molecule has 27 heavy (non-hydrogen) atoms. The maximum Gasteiger partial charge on any atom is 0.270 e. The zero-order valence-corrected chi connectivity index (χ0v) is 14.8. The van der Waals surface area contributed by atoms with Gasteiger partial charge in [-0.15, -0.1) is 0 Å². The van der Waals surface area contributed by atoms with Crippen LogP contribution in [0.5, 0.6) is 0 Å². The summed E-state index contributed by atoms with van der Waals surface area (Å²) in [5, 5.41) is 6.03. The van der Waals surface area contributed by atoms with Crippen LogP contribution in [0.4, 0.5) is 11.8 Å². The fourth-order valence-electron chi connectivity index (χ4n) is 2.78. The van der Waals surface area contributed by atoms with E-state index in [2.05, 4.69) is 25.6 Å². The molecule has 7 nitrogen and oxygen atoms in total. The van der Waals surface area contributed by atoms with Crippen LogP contribution in [0.25, 0.3) is 11.0 Å². The standard InChI is InChI=1S/C20H18N6O/c1-26-17-9-3-2-7-15(17)24-20(26)25-18-10-4-8-16(23-18)19(27)22-13-14-6-5-11-21-12-14/h2-12H,13H2,1H3,(H,22,27)(H,23,24,25). The van der Waals surface area contributed by atoms with Gasteiger partial charge < -0.3 is 15.2 Å². The lowest BCUT2D eigenvalue weighted by Crippen LogP contribution is -2.24. The topological polar surface area (TPSA) is 84.7 Å². The fraction of sp³-hybridized carbons (Fsp3) is 0.100. The number of fused-ring (bicyclic) bond motifs is 1. The average Bonchev–Trinajstić information content (AvgIpc) is 3.03. The molecule has 0 aliphatic rings. The third-order valence-electron chi connectivity index (χ3n) is 4.18. The molecule has 1 amide bonds. The molecule has 0 bridgehead atoms. The van der Waals surface area contributed by atoms with Crippen molar-refractivity contribution < 1.29 is 4.79 Å². The van der Waals surface area contributed by atoms with Crippen LogP contribution in [0, 0.1) is 0 Å². The van der Waals surface area contributed by atoms with Gasteiger partial charge in [-0.25, -0.2) is 9.97 Å². The molecular weight excluding hydrogens is 340 g/mol. The Hall–Kier alpha value is -3.74. The molecule has 0 radical (unpaired) electrons. The number of carbonyl (C=O) groups excluding carboxylic acids is 1. The van der Waals surface area contributed by atoms with Crippen LogP contribution in [0.2, 0.25) is 0 Å². The molecule has 0 unspecified atom stereocenters. The number of nitrogens with zero attached hydrogens (tertiary/aromatic N) is 4. The molecule has 4 rings (SSSR count). The maximum atomic E-state index is 12.4. The van der Waals surface area contributed by atoms with Crippen molar-refractivity contribution in [3.8, 4) is 0 Å². The highest BCUT2D eigenvalue weighted by Crippen LogP contribution is 2.20. The van der Waals surface area contributed by atoms with Crippen LogP contribution in [-0.2, 0) is 13.6 Å². The van der Waals surface area contributed by atoms with Crippen LogP contribution in [0.15, 0.2) is 67.0 Å². The van der Waals surface area contributed by atoms with Crippen molar-refractivity contribution in [1.29, 1.82) is 0 Å². The van der Waals surface area contributed by atoms with Crippen molar-refractivity contribution in [3.05, 3.63) is 78.2 Å². The third kappa shape index (κ3) is 3.62. The van der Waals surface area contributed by atoms with E-state index >= 15 is 0 Å². The molecule has 0 spiro atoms. The Kier molecular flexibility index (Phi) is 4.49. The Morgan fingerprint density at radius 2 is 1.93 bits per heavy atom.